The van der Waals surface area contributed by atoms with E-state index in [9.17, 15) is 0 Å². The molecule has 0 amide bonds. The summed E-state index contributed by atoms with van der Waals surface area (Å²) < 4.78 is 7.83. The zero-order chi connectivity index (χ0) is 12.3. The Morgan fingerprint density at radius 2 is 2.29 bits per heavy atom. The highest BCUT2D eigenvalue weighted by atomic mass is 16.5. The van der Waals surface area contributed by atoms with Crippen molar-refractivity contribution in [2.45, 2.75) is 51.8 Å². The molecule has 2 atom stereocenters. The van der Waals surface area contributed by atoms with Crippen molar-refractivity contribution in [3.8, 4) is 0 Å². The fourth-order valence-electron chi connectivity index (χ4n) is 2.34. The van der Waals surface area contributed by atoms with Crippen molar-refractivity contribution < 1.29 is 4.74 Å². The third-order valence-corrected chi connectivity index (χ3v) is 3.33. The molecule has 1 aromatic heterocycles. The van der Waals surface area contributed by atoms with Crippen molar-refractivity contribution in [1.82, 2.24) is 9.78 Å². The Morgan fingerprint density at radius 1 is 1.53 bits per heavy atom. The molecule has 4 nitrogen and oxygen atoms in total. The molecule has 1 saturated carbocycles. The number of ether oxygens (including phenoxy) is 1. The first kappa shape index (κ1) is 12.6. The van der Waals surface area contributed by atoms with Gasteiger partial charge in [-0.3, -0.25) is 4.68 Å². The van der Waals surface area contributed by atoms with Crippen molar-refractivity contribution in [3.05, 3.63) is 18.0 Å². The molecule has 1 aliphatic rings. The highest BCUT2D eigenvalue weighted by Gasteiger charge is 2.37. The van der Waals surface area contributed by atoms with Crippen molar-refractivity contribution >= 4 is 0 Å². The van der Waals surface area contributed by atoms with Crippen molar-refractivity contribution in [1.29, 1.82) is 0 Å². The Kier molecular flexibility index (Phi) is 4.18. The van der Waals surface area contributed by atoms with Gasteiger partial charge in [0.2, 0.25) is 0 Å². The molecule has 0 saturated heterocycles. The Hall–Kier alpha value is -0.870. The van der Waals surface area contributed by atoms with Gasteiger partial charge in [0.25, 0.3) is 0 Å². The first-order valence-electron chi connectivity index (χ1n) is 6.66. The van der Waals surface area contributed by atoms with Gasteiger partial charge in [-0.2, -0.15) is 5.10 Å². The first-order valence-corrected chi connectivity index (χ1v) is 6.66. The van der Waals surface area contributed by atoms with Gasteiger partial charge in [-0.05, 0) is 38.2 Å². The molecule has 1 fully saturated rings. The quantitative estimate of drug-likeness (QED) is 0.790. The lowest BCUT2D eigenvalue weighted by Gasteiger charge is -2.24. The smallest absolute Gasteiger partial charge is 0.0810 e. The van der Waals surface area contributed by atoms with Gasteiger partial charge in [0.05, 0.1) is 17.8 Å². The van der Waals surface area contributed by atoms with Crippen LogP contribution in [0.3, 0.4) is 0 Å². The average Bonchev–Trinajstić information content (AvgIpc) is 3.06. The van der Waals surface area contributed by atoms with E-state index in [0.717, 1.165) is 25.3 Å². The fraction of sp³-hybridized carbons (Fsp3) is 0.769. The molecule has 2 rings (SSSR count). The average molecular weight is 237 g/mol. The fourth-order valence-corrected chi connectivity index (χ4v) is 2.34. The van der Waals surface area contributed by atoms with Gasteiger partial charge < -0.3 is 10.5 Å². The lowest BCUT2D eigenvalue weighted by molar-refractivity contribution is 0.0263. The lowest BCUT2D eigenvalue weighted by Crippen LogP contribution is -2.32. The summed E-state index contributed by atoms with van der Waals surface area (Å²) in [6, 6.07) is 1.98. The van der Waals surface area contributed by atoms with Gasteiger partial charge in [0.1, 0.15) is 0 Å². The van der Waals surface area contributed by atoms with Crippen LogP contribution < -0.4 is 5.73 Å². The van der Waals surface area contributed by atoms with Crippen LogP contribution in [0.15, 0.2) is 12.3 Å². The molecule has 96 valence electrons. The minimum Gasteiger partial charge on any atom is -0.376 e. The SMILES string of the molecule is CCCn1nccc1C(N)C(OCC)C1CC1. The molecule has 1 aliphatic carbocycles. The number of nitrogens with two attached hydrogens (primary N) is 1. The van der Waals surface area contributed by atoms with E-state index in [0.29, 0.717) is 5.92 Å². The summed E-state index contributed by atoms with van der Waals surface area (Å²) in [5.74, 6) is 0.648. The Balaban J connectivity index is 2.10. The molecule has 2 N–H and O–H groups in total. The van der Waals surface area contributed by atoms with Gasteiger partial charge in [0.15, 0.2) is 0 Å². The standard InChI is InChI=1S/C13H23N3O/c1-3-9-16-11(7-8-15-16)12(14)13(17-4-2)10-5-6-10/h7-8,10,12-13H,3-6,9,14H2,1-2H3. The predicted molar refractivity (Wildman–Crippen MR) is 67.6 cm³/mol. The van der Waals surface area contributed by atoms with Crippen LogP contribution in [0.1, 0.15) is 44.8 Å². The Labute approximate surface area is 103 Å². The second-order valence-corrected chi connectivity index (χ2v) is 4.76. The predicted octanol–water partition coefficient (Wildman–Crippen LogP) is 2.11. The zero-order valence-electron chi connectivity index (χ0n) is 10.8. The van der Waals surface area contributed by atoms with Crippen LogP contribution in [0.5, 0.6) is 0 Å². The van der Waals surface area contributed by atoms with Gasteiger partial charge >= 0.3 is 0 Å². The van der Waals surface area contributed by atoms with E-state index in [2.05, 4.69) is 12.0 Å². The molecule has 0 spiro atoms. The van der Waals surface area contributed by atoms with E-state index >= 15 is 0 Å². The zero-order valence-corrected chi connectivity index (χ0v) is 10.8. The molecule has 0 aromatic carbocycles. The lowest BCUT2D eigenvalue weighted by atomic mass is 10.0. The number of hydrogen-bond acceptors (Lipinski definition) is 3. The van der Waals surface area contributed by atoms with Crippen LogP contribution >= 0.6 is 0 Å². The summed E-state index contributed by atoms with van der Waals surface area (Å²) in [6.45, 7) is 5.85. The summed E-state index contributed by atoms with van der Waals surface area (Å²) >= 11 is 0. The largest absolute Gasteiger partial charge is 0.376 e. The topological polar surface area (TPSA) is 53.1 Å². The summed E-state index contributed by atoms with van der Waals surface area (Å²) in [6.07, 6.45) is 5.57. The summed E-state index contributed by atoms with van der Waals surface area (Å²) in [5.41, 5.74) is 7.46. The highest BCUT2D eigenvalue weighted by Crippen LogP contribution is 2.39. The minimum absolute atomic E-state index is 0.0449. The van der Waals surface area contributed by atoms with Crippen LogP contribution in [0.2, 0.25) is 0 Å². The summed E-state index contributed by atoms with van der Waals surface area (Å²) in [5, 5.41) is 4.33. The maximum absolute atomic E-state index is 6.36. The molecule has 4 heteroatoms. The molecule has 0 bridgehead atoms. The summed E-state index contributed by atoms with van der Waals surface area (Å²) in [7, 11) is 0. The van der Waals surface area contributed by atoms with Gasteiger partial charge in [-0.15, -0.1) is 0 Å². The van der Waals surface area contributed by atoms with Crippen LogP contribution in [-0.2, 0) is 11.3 Å². The van der Waals surface area contributed by atoms with E-state index < -0.39 is 0 Å². The molecule has 0 radical (unpaired) electrons. The molecular weight excluding hydrogens is 214 g/mol. The van der Waals surface area contributed by atoms with Gasteiger partial charge in [-0.1, -0.05) is 6.92 Å². The van der Waals surface area contributed by atoms with Crippen LogP contribution in [0, 0.1) is 5.92 Å². The molecule has 0 aliphatic heterocycles. The second kappa shape index (κ2) is 5.65. The molecule has 1 heterocycles. The van der Waals surface area contributed by atoms with Gasteiger partial charge in [0, 0.05) is 19.3 Å². The maximum atomic E-state index is 6.36. The number of nitrogens with zero attached hydrogens (tertiary/aromatic N) is 2. The first-order chi connectivity index (χ1) is 8.27. The summed E-state index contributed by atoms with van der Waals surface area (Å²) in [4.78, 5) is 0. The number of rotatable bonds is 7. The van der Waals surface area contributed by atoms with Crippen LogP contribution in [0.25, 0.3) is 0 Å². The monoisotopic (exact) mass is 237 g/mol. The third kappa shape index (κ3) is 2.87. The molecule has 1 aromatic rings. The maximum Gasteiger partial charge on any atom is 0.0810 e. The minimum atomic E-state index is -0.0449. The number of hydrogen-bond donors (Lipinski definition) is 1. The van der Waals surface area contributed by atoms with Crippen molar-refractivity contribution in [2.24, 2.45) is 11.7 Å². The van der Waals surface area contributed by atoms with Crippen molar-refractivity contribution in [2.75, 3.05) is 6.61 Å². The van der Waals surface area contributed by atoms with E-state index in [1.807, 2.05) is 23.9 Å². The second-order valence-electron chi connectivity index (χ2n) is 4.76. The van der Waals surface area contributed by atoms with E-state index in [1.165, 1.54) is 12.8 Å². The number of aryl methyl sites for hydroxylation is 1. The van der Waals surface area contributed by atoms with Crippen molar-refractivity contribution in [3.63, 3.8) is 0 Å². The number of aromatic nitrogens is 2. The van der Waals surface area contributed by atoms with E-state index in [1.54, 1.807) is 0 Å². The van der Waals surface area contributed by atoms with E-state index in [-0.39, 0.29) is 12.1 Å². The van der Waals surface area contributed by atoms with E-state index in [4.69, 9.17) is 10.5 Å². The highest BCUT2D eigenvalue weighted by molar-refractivity contribution is 5.10. The molecule has 2 unspecified atom stereocenters. The normalized spacial score (nSPS) is 19.2. The third-order valence-electron chi connectivity index (χ3n) is 3.33. The molecule has 17 heavy (non-hydrogen) atoms. The van der Waals surface area contributed by atoms with Crippen LogP contribution in [0.4, 0.5) is 0 Å². The van der Waals surface area contributed by atoms with Gasteiger partial charge in [-0.25, -0.2) is 0 Å². The Morgan fingerprint density at radius 3 is 2.88 bits per heavy atom. The molecular formula is C13H23N3O. The van der Waals surface area contributed by atoms with Crippen LogP contribution in [-0.4, -0.2) is 22.5 Å². The Bertz CT molecular complexity index is 346.